The molecule has 0 radical (unpaired) electrons. The first-order chi connectivity index (χ1) is 22.9. The molecule has 0 aromatic rings. The van der Waals surface area contributed by atoms with Crippen molar-refractivity contribution in [1.29, 1.82) is 0 Å². The van der Waals surface area contributed by atoms with Gasteiger partial charge in [-0.3, -0.25) is 14.4 Å². The van der Waals surface area contributed by atoms with Crippen LogP contribution in [0.5, 0.6) is 0 Å². The van der Waals surface area contributed by atoms with E-state index in [-0.39, 0.29) is 23.9 Å². The molecule has 4 N–H and O–H groups in total. The molecule has 0 spiro atoms. The number of esters is 1. The van der Waals surface area contributed by atoms with Gasteiger partial charge in [0, 0.05) is 12.2 Å². The Bertz CT molecular complexity index is 945. The second-order valence-corrected chi connectivity index (χ2v) is 14.9. The summed E-state index contributed by atoms with van der Waals surface area (Å²) >= 11 is 2.41. The van der Waals surface area contributed by atoms with E-state index >= 15 is 0 Å². The van der Waals surface area contributed by atoms with Crippen LogP contribution >= 0.6 is 23.5 Å². The molecule has 278 valence electrons. The number of aliphatic hydroxyl groups excluding tert-OH is 1. The number of aliphatic hydroxyl groups is 1. The number of unbranched alkanes of at least 4 members (excludes halogenated alkanes) is 12. The number of hydrogen-bond donors (Lipinski definition) is 4. The monoisotopic (exact) mass is 717 g/mol. The van der Waals surface area contributed by atoms with Crippen molar-refractivity contribution in [3.63, 3.8) is 0 Å². The van der Waals surface area contributed by atoms with Crippen LogP contribution < -0.4 is 16.0 Å². The van der Waals surface area contributed by atoms with Crippen LogP contribution in [0.3, 0.4) is 0 Å². The molecule has 11 nitrogen and oxygen atoms in total. The average Bonchev–Trinajstić information content (AvgIpc) is 3.03. The molecule has 0 rings (SSSR count). The van der Waals surface area contributed by atoms with Crippen LogP contribution in [0.15, 0.2) is 12.7 Å². The van der Waals surface area contributed by atoms with Crippen molar-refractivity contribution >= 4 is 52.5 Å². The molecule has 0 bridgehead atoms. The quantitative estimate of drug-likeness (QED) is 0.0425. The SMILES string of the molecule is C=CCOC(=O)N[C@@H](CCSC)C(=O)N[C@@H](CO)C(=O)N[C@@H](CSC(=O)CCCCCCCCCCCCCCC)C(=O)OC(C)(C)C. The van der Waals surface area contributed by atoms with Gasteiger partial charge in [0.05, 0.1) is 6.61 Å². The molecule has 0 aliphatic heterocycles. The highest BCUT2D eigenvalue weighted by atomic mass is 32.2. The largest absolute Gasteiger partial charge is 0.458 e. The van der Waals surface area contributed by atoms with E-state index in [1.807, 2.05) is 6.26 Å². The summed E-state index contributed by atoms with van der Waals surface area (Å²) in [5.41, 5.74) is -0.843. The lowest BCUT2D eigenvalue weighted by Crippen LogP contribution is -2.57. The number of hydrogen-bond acceptors (Lipinski definition) is 10. The Morgan fingerprint density at radius 3 is 1.81 bits per heavy atom. The first kappa shape index (κ1) is 45.8. The lowest BCUT2D eigenvalue weighted by Gasteiger charge is -2.26. The van der Waals surface area contributed by atoms with Crippen LogP contribution in [-0.4, -0.2) is 88.8 Å². The van der Waals surface area contributed by atoms with E-state index < -0.39 is 54.2 Å². The normalized spacial score (nSPS) is 13.1. The van der Waals surface area contributed by atoms with Gasteiger partial charge < -0.3 is 30.5 Å². The molecule has 0 unspecified atom stereocenters. The minimum absolute atomic E-state index is 0.0453. The van der Waals surface area contributed by atoms with Crippen molar-refractivity contribution in [3.05, 3.63) is 12.7 Å². The average molecular weight is 718 g/mol. The summed E-state index contributed by atoms with van der Waals surface area (Å²) in [5, 5.41) is 17.3. The lowest BCUT2D eigenvalue weighted by atomic mass is 10.0. The Hall–Kier alpha value is -2.25. The van der Waals surface area contributed by atoms with Gasteiger partial charge in [-0.2, -0.15) is 11.8 Å². The van der Waals surface area contributed by atoms with Crippen molar-refractivity contribution < 1.29 is 38.6 Å². The summed E-state index contributed by atoms with van der Waals surface area (Å²) in [6.07, 6.45) is 18.7. The molecule has 3 amide bonds. The highest BCUT2D eigenvalue weighted by Crippen LogP contribution is 2.17. The van der Waals surface area contributed by atoms with Crippen LogP contribution in [0.2, 0.25) is 0 Å². The number of thioether (sulfide) groups is 2. The maximum atomic E-state index is 13.1. The highest BCUT2D eigenvalue weighted by molar-refractivity contribution is 8.13. The van der Waals surface area contributed by atoms with E-state index in [9.17, 15) is 29.1 Å². The molecule has 13 heteroatoms. The number of rotatable bonds is 28. The van der Waals surface area contributed by atoms with Gasteiger partial charge in [-0.05, 0) is 45.6 Å². The number of alkyl carbamates (subject to hydrolysis) is 1. The van der Waals surface area contributed by atoms with Crippen molar-refractivity contribution in [2.45, 2.75) is 148 Å². The predicted molar refractivity (Wildman–Crippen MR) is 196 cm³/mol. The zero-order chi connectivity index (χ0) is 36.2. The molecular weight excluding hydrogens is 655 g/mol. The first-order valence-corrected chi connectivity index (χ1v) is 19.9. The van der Waals surface area contributed by atoms with Crippen molar-refractivity contribution in [1.82, 2.24) is 16.0 Å². The van der Waals surface area contributed by atoms with Crippen molar-refractivity contribution in [2.24, 2.45) is 0 Å². The Labute approximate surface area is 297 Å². The third-order valence-electron chi connectivity index (χ3n) is 7.27. The number of nitrogens with one attached hydrogen (secondary N) is 3. The smallest absolute Gasteiger partial charge is 0.408 e. The lowest BCUT2D eigenvalue weighted by molar-refractivity contribution is -0.158. The van der Waals surface area contributed by atoms with E-state index in [1.54, 1.807) is 20.8 Å². The summed E-state index contributed by atoms with van der Waals surface area (Å²) < 4.78 is 10.4. The Morgan fingerprint density at radius 1 is 0.792 bits per heavy atom. The van der Waals surface area contributed by atoms with E-state index in [2.05, 4.69) is 29.5 Å². The second-order valence-electron chi connectivity index (χ2n) is 12.9. The minimum atomic E-state index is -1.42. The fourth-order valence-corrected chi connectivity index (χ4v) is 5.97. The number of amides is 3. The van der Waals surface area contributed by atoms with Crippen LogP contribution in [-0.2, 0) is 28.7 Å². The second kappa shape index (κ2) is 28.6. The van der Waals surface area contributed by atoms with Gasteiger partial charge in [0.15, 0.2) is 5.12 Å². The van der Waals surface area contributed by atoms with Crippen LogP contribution in [0.25, 0.3) is 0 Å². The van der Waals surface area contributed by atoms with Crippen LogP contribution in [0, 0.1) is 0 Å². The van der Waals surface area contributed by atoms with Gasteiger partial charge in [0.2, 0.25) is 11.8 Å². The van der Waals surface area contributed by atoms with Crippen LogP contribution in [0.1, 0.15) is 124 Å². The summed E-state index contributed by atoms with van der Waals surface area (Å²) in [4.78, 5) is 63.8. The van der Waals surface area contributed by atoms with Crippen molar-refractivity contribution in [3.8, 4) is 0 Å². The predicted octanol–water partition coefficient (Wildman–Crippen LogP) is 6.07. The fraction of sp³-hybridized carbons (Fsp3) is 0.800. The number of carbonyl (C=O) groups excluding carboxylic acids is 5. The fourth-order valence-electron chi connectivity index (χ4n) is 4.64. The van der Waals surface area contributed by atoms with Gasteiger partial charge in [0.1, 0.15) is 30.3 Å². The van der Waals surface area contributed by atoms with Gasteiger partial charge >= 0.3 is 12.1 Å². The maximum absolute atomic E-state index is 13.1. The molecule has 0 aliphatic carbocycles. The zero-order valence-electron chi connectivity index (χ0n) is 30.1. The molecule has 0 heterocycles. The topological polar surface area (TPSA) is 160 Å². The zero-order valence-corrected chi connectivity index (χ0v) is 31.7. The molecule has 3 atom stereocenters. The molecule has 0 aromatic carbocycles. The van der Waals surface area contributed by atoms with Gasteiger partial charge in [0.25, 0.3) is 0 Å². The molecular formula is C35H63N3O8S2. The van der Waals surface area contributed by atoms with Gasteiger partial charge in [-0.1, -0.05) is 108 Å². The molecule has 0 fully saturated rings. The van der Waals surface area contributed by atoms with Gasteiger partial charge in [-0.25, -0.2) is 9.59 Å². The first-order valence-electron chi connectivity index (χ1n) is 17.5. The highest BCUT2D eigenvalue weighted by Gasteiger charge is 2.32. The van der Waals surface area contributed by atoms with Crippen molar-refractivity contribution in [2.75, 3.05) is 31.0 Å². The Kier molecular flexibility index (Phi) is 27.2. The summed E-state index contributed by atoms with van der Waals surface area (Å²) in [6.45, 7) is 9.97. The van der Waals surface area contributed by atoms with E-state index in [4.69, 9.17) is 9.47 Å². The van der Waals surface area contributed by atoms with E-state index in [0.29, 0.717) is 12.2 Å². The molecule has 48 heavy (non-hydrogen) atoms. The van der Waals surface area contributed by atoms with E-state index in [0.717, 1.165) is 31.0 Å². The van der Waals surface area contributed by atoms with E-state index in [1.165, 1.54) is 82.0 Å². The third-order valence-corrected chi connectivity index (χ3v) is 8.94. The number of carbonyl (C=O) groups is 5. The Morgan fingerprint density at radius 2 is 1.31 bits per heavy atom. The van der Waals surface area contributed by atoms with Gasteiger partial charge in [-0.15, -0.1) is 0 Å². The molecule has 0 aromatic heterocycles. The standard InChI is InChI=1S/C35H63N3O8S2/c1-7-9-10-11-12-13-14-15-16-17-18-19-20-21-30(40)48-26-29(33(43)46-35(3,4)5)37-32(42)28(25-39)36-31(41)27(22-24-47-6)38-34(44)45-23-8-2/h8,27-29,39H,2,7,9-26H2,1,3-6H3,(H,36,41)(H,37,42)(H,38,44)/t27-,28-,29-/m0/s1. The third kappa shape index (κ3) is 24.8. The summed E-state index contributed by atoms with van der Waals surface area (Å²) in [6, 6.07) is -3.64. The number of ether oxygens (including phenoxy) is 2. The minimum Gasteiger partial charge on any atom is -0.458 e. The molecule has 0 saturated carbocycles. The maximum Gasteiger partial charge on any atom is 0.408 e. The summed E-state index contributed by atoms with van der Waals surface area (Å²) in [7, 11) is 0. The summed E-state index contributed by atoms with van der Waals surface area (Å²) in [5.74, 6) is -1.79. The molecule has 0 saturated heterocycles. The Balaban J connectivity index is 4.91. The molecule has 0 aliphatic rings. The van der Waals surface area contributed by atoms with Crippen LogP contribution in [0.4, 0.5) is 4.79 Å².